The van der Waals surface area contributed by atoms with Crippen molar-refractivity contribution in [2.24, 2.45) is 58.8 Å². The Kier molecular flexibility index (Phi) is 45.7. The van der Waals surface area contributed by atoms with E-state index in [1.165, 1.54) is 26.0 Å². The van der Waals surface area contributed by atoms with Gasteiger partial charge >= 0.3 is 18.1 Å². The summed E-state index contributed by atoms with van der Waals surface area (Å²) in [7, 11) is 6.19. The summed E-state index contributed by atoms with van der Waals surface area (Å²) in [4.78, 5) is 191. The molecule has 0 spiro atoms. The monoisotopic (exact) mass is 1620 g/mol. The maximum atomic E-state index is 14.9. The van der Waals surface area contributed by atoms with Gasteiger partial charge in [0.2, 0.25) is 41.4 Å². The SMILES string of the molecule is CC[C@H](C)[C@@H]([C@@H](CC(=O)N1CCC[C@H]1[C@@H](OC)[C@@H](C)C(=O)C[C@H](C)[C@@H](O)c1ccccc1)OC)N(C)C(=O)C(CC(=O)[C@@H](C(C)C)N(C)C(=O)OCc1ccc(NC(=O)[C@H](CCCNC(N)=O)CC(=O)[C@H](NC(=O)CCCCCNC(=O)C(CC(=O)O)SCC(NC(=O)CCOCCNC(=O)CN)C(C)=O)C(C)C)cc1)C(C)C. The number of anilines is 1. The van der Waals surface area contributed by atoms with Crippen LogP contribution in [0.15, 0.2) is 54.6 Å². The number of hydrogen-bond acceptors (Lipinski definition) is 21. The second-order valence-electron chi connectivity index (χ2n) is 30.9. The maximum absolute atomic E-state index is 14.9. The summed E-state index contributed by atoms with van der Waals surface area (Å²) in [5.41, 5.74) is 12.1. The Morgan fingerprint density at radius 1 is 0.667 bits per heavy atom. The Morgan fingerprint density at radius 2 is 1.32 bits per heavy atom. The molecule has 12 N–H and O–H groups in total. The zero-order valence-corrected chi connectivity index (χ0v) is 70.4. The second-order valence-corrected chi connectivity index (χ2v) is 32.1. The van der Waals surface area contributed by atoms with Crippen molar-refractivity contribution in [3.8, 4) is 0 Å². The molecule has 2 aromatic carbocycles. The predicted molar refractivity (Wildman–Crippen MR) is 433 cm³/mol. The number of likely N-dealkylation sites (tertiary alicyclic amines) is 1. The maximum Gasteiger partial charge on any atom is 0.410 e. The summed E-state index contributed by atoms with van der Waals surface area (Å²) in [6.07, 6.45) is -0.451. The first kappa shape index (κ1) is 99.8. The molecule has 1 heterocycles. The molecule has 1 saturated heterocycles. The highest BCUT2D eigenvalue weighted by molar-refractivity contribution is 8.00. The van der Waals surface area contributed by atoms with E-state index in [2.05, 4.69) is 31.9 Å². The van der Waals surface area contributed by atoms with Gasteiger partial charge in [0.05, 0.1) is 86.4 Å². The molecule has 0 saturated carbocycles. The highest BCUT2D eigenvalue weighted by Gasteiger charge is 2.44. The normalized spacial score (nSPS) is 16.2. The standard InChI is InChI=1S/C82H131N11O20S/c1-16-52(8)75(66(110-14)44-71(101)93-38-24-28-62(93)77(111-15)54(10)63(95)41-53(9)76(104)57-25-19-17-20-26-57)91(12)80(107)60(49(2)3)43-65(97)74(51(6)7)92(13)82(109)113-47-56-30-32-59(33-31-56)88-78(105)58(27-23-36-87-81(84)108)42-64(96)73(50(4)5)90-68(98)29-21-18-22-35-86-79(106)67(45-72(102)103)114-48-61(55(11)94)89-69(99)34-39-112-40-37-85-70(100)46-83/h17,19-20,25-26,30-33,49-54,58,60-62,66-67,73-77,104H,16,18,21-24,27-29,34-48,83H2,1-15H3,(H,85,100)(H,86,106)(H,88,105)(H,89,99)(H,90,98)(H,102,103)(H3,84,87,108)/t52-,53-,54-,58+,60?,61?,62-,66+,67?,73+,74+,75-,76+,77-/m0/s1. The lowest BCUT2D eigenvalue weighted by Gasteiger charge is -2.41. The number of urea groups is 1. The molecule has 32 heteroatoms. The third kappa shape index (κ3) is 34.2. The number of nitrogens with one attached hydrogen (secondary N) is 6. The molecule has 14 atom stereocenters. The minimum atomic E-state index is -1.25. The number of unbranched alkanes of at least 4 members (excludes halogenated alkanes) is 2. The molecule has 1 aliphatic heterocycles. The van der Waals surface area contributed by atoms with Gasteiger partial charge in [-0.05, 0) is 98.3 Å². The molecule has 0 bridgehead atoms. The lowest BCUT2D eigenvalue weighted by molar-refractivity contribution is -0.149. The number of aliphatic hydroxyl groups is 1. The van der Waals surface area contributed by atoms with Gasteiger partial charge in [-0.1, -0.05) is 125 Å². The number of carboxylic acid groups (broad SMARTS) is 1. The van der Waals surface area contributed by atoms with Crippen LogP contribution < -0.4 is 43.4 Å². The number of Topliss-reactive ketones (excluding diaryl/α,β-unsaturated/α-hetero) is 4. The van der Waals surface area contributed by atoms with E-state index >= 15 is 0 Å². The average molecular weight is 1620 g/mol. The molecular formula is C82H131N11O20S. The lowest BCUT2D eigenvalue weighted by atomic mass is 9.83. The van der Waals surface area contributed by atoms with Gasteiger partial charge in [-0.3, -0.25) is 57.5 Å². The van der Waals surface area contributed by atoms with Crippen molar-refractivity contribution >= 4 is 100 Å². The number of carbonyl (C=O) groups excluding carboxylic acids is 13. The van der Waals surface area contributed by atoms with Crippen LogP contribution in [0.1, 0.15) is 190 Å². The third-order valence-corrected chi connectivity index (χ3v) is 22.4. The Bertz CT molecular complexity index is 3420. The van der Waals surface area contributed by atoms with E-state index in [0.717, 1.165) is 17.3 Å². The molecular weight excluding hydrogens is 1490 g/mol. The number of benzene rings is 2. The zero-order valence-electron chi connectivity index (χ0n) is 69.6. The van der Waals surface area contributed by atoms with Gasteiger partial charge in [-0.2, -0.15) is 0 Å². The van der Waals surface area contributed by atoms with Crippen molar-refractivity contribution in [2.75, 3.05) is 85.3 Å². The number of ketones is 4. The predicted octanol–water partition coefficient (Wildman–Crippen LogP) is 6.67. The molecule has 10 amide bonds. The number of aliphatic carboxylic acids is 1. The minimum Gasteiger partial charge on any atom is -0.481 e. The molecule has 3 rings (SSSR count). The molecule has 640 valence electrons. The van der Waals surface area contributed by atoms with Crippen LogP contribution in [0.3, 0.4) is 0 Å². The molecule has 31 nitrogen and oxygen atoms in total. The van der Waals surface area contributed by atoms with E-state index in [1.54, 1.807) is 75.9 Å². The molecule has 0 aromatic heterocycles. The molecule has 0 radical (unpaired) electrons. The van der Waals surface area contributed by atoms with Gasteiger partial charge in [0, 0.05) is 116 Å². The number of rotatable bonds is 56. The molecule has 2 aromatic rings. The fourth-order valence-corrected chi connectivity index (χ4v) is 15.5. The summed E-state index contributed by atoms with van der Waals surface area (Å²) in [5.74, 6) is -9.45. The Labute approximate surface area is 677 Å². The summed E-state index contributed by atoms with van der Waals surface area (Å²) < 4.78 is 23.2. The summed E-state index contributed by atoms with van der Waals surface area (Å²) >= 11 is 0.909. The number of carbonyl (C=O) groups is 14. The number of amides is 10. The van der Waals surface area contributed by atoms with E-state index < -0.39 is 137 Å². The molecule has 0 aliphatic carbocycles. The molecule has 1 fully saturated rings. The van der Waals surface area contributed by atoms with Crippen molar-refractivity contribution in [2.45, 2.75) is 233 Å². The van der Waals surface area contributed by atoms with Gasteiger partial charge in [-0.15, -0.1) is 11.8 Å². The summed E-state index contributed by atoms with van der Waals surface area (Å²) in [6, 6.07) is 10.9. The van der Waals surface area contributed by atoms with Gasteiger partial charge in [-0.25, -0.2) is 9.59 Å². The molecule has 114 heavy (non-hydrogen) atoms. The van der Waals surface area contributed by atoms with Gasteiger partial charge in [0.1, 0.15) is 12.4 Å². The van der Waals surface area contributed by atoms with Crippen LogP contribution >= 0.6 is 11.8 Å². The van der Waals surface area contributed by atoms with E-state index in [0.29, 0.717) is 56.3 Å². The van der Waals surface area contributed by atoms with Crippen LogP contribution in [0, 0.1) is 47.3 Å². The number of hydrogen-bond donors (Lipinski definition) is 10. The Balaban J connectivity index is 1.61. The van der Waals surface area contributed by atoms with Crippen LogP contribution in [0.4, 0.5) is 15.3 Å². The zero-order chi connectivity index (χ0) is 85.5. The highest BCUT2D eigenvalue weighted by atomic mass is 32.2. The summed E-state index contributed by atoms with van der Waals surface area (Å²) in [6.45, 7) is 20.3. The van der Waals surface area contributed by atoms with E-state index in [4.69, 9.17) is 30.4 Å². The number of methoxy groups -OCH3 is 2. The first-order chi connectivity index (χ1) is 53.9. The number of likely N-dealkylation sites (N-methyl/N-ethyl adjacent to an activating group) is 2. The van der Waals surface area contributed by atoms with Crippen molar-refractivity contribution < 1.29 is 96.3 Å². The van der Waals surface area contributed by atoms with Crippen LogP contribution in [-0.4, -0.2) is 235 Å². The second kappa shape index (κ2) is 52.2. The first-order valence-electron chi connectivity index (χ1n) is 39.9. The average Bonchev–Trinajstić information content (AvgIpc) is 1.52. The van der Waals surface area contributed by atoms with Gasteiger partial charge < -0.3 is 87.2 Å². The van der Waals surface area contributed by atoms with E-state index in [1.807, 2.05) is 71.9 Å². The molecule has 3 unspecified atom stereocenters. The quantitative estimate of drug-likeness (QED) is 0.0309. The van der Waals surface area contributed by atoms with Crippen molar-refractivity contribution in [3.05, 3.63) is 65.7 Å². The fourth-order valence-electron chi connectivity index (χ4n) is 14.2. The Morgan fingerprint density at radius 3 is 1.91 bits per heavy atom. The fraction of sp³-hybridized carbons (Fsp3) is 0.683. The smallest absolute Gasteiger partial charge is 0.410 e. The topological polar surface area (TPSA) is 450 Å². The number of primary amides is 1. The van der Waals surface area contributed by atoms with Crippen LogP contribution in [0.2, 0.25) is 0 Å². The van der Waals surface area contributed by atoms with Gasteiger partial charge in [0.25, 0.3) is 0 Å². The van der Waals surface area contributed by atoms with E-state index in [-0.39, 0.29) is 156 Å². The number of aliphatic hydroxyl groups excluding tert-OH is 1. The Hall–Kier alpha value is -8.43. The number of thioether (sulfide) groups is 1. The minimum absolute atomic E-state index is 0.00373. The molecule has 1 aliphatic rings. The third-order valence-electron chi connectivity index (χ3n) is 21.1. The number of nitrogens with zero attached hydrogens (tertiary/aromatic N) is 3. The number of carboxylic acids is 1. The number of ether oxygens (including phenoxy) is 4. The summed E-state index contributed by atoms with van der Waals surface area (Å²) in [5, 5.41) is 35.5. The van der Waals surface area contributed by atoms with Crippen LogP contribution in [0.25, 0.3) is 0 Å². The lowest BCUT2D eigenvalue weighted by Crippen LogP contribution is -2.54. The largest absolute Gasteiger partial charge is 0.481 e. The van der Waals surface area contributed by atoms with Crippen molar-refractivity contribution in [3.63, 3.8) is 0 Å². The highest BCUT2D eigenvalue weighted by Crippen LogP contribution is 2.34. The van der Waals surface area contributed by atoms with Gasteiger partial charge in [0.15, 0.2) is 17.3 Å². The van der Waals surface area contributed by atoms with Crippen LogP contribution in [0.5, 0.6) is 0 Å². The van der Waals surface area contributed by atoms with E-state index in [9.17, 15) is 77.3 Å². The number of nitrogens with two attached hydrogens (primary N) is 2. The van der Waals surface area contributed by atoms with Crippen molar-refractivity contribution in [1.82, 2.24) is 41.3 Å². The first-order valence-corrected chi connectivity index (χ1v) is 41.0. The van der Waals surface area contributed by atoms with Crippen LogP contribution in [-0.2, 0) is 83.1 Å². The van der Waals surface area contributed by atoms with Crippen molar-refractivity contribution in [1.29, 1.82) is 0 Å².